The highest BCUT2D eigenvalue weighted by Gasteiger charge is 2.17. The highest BCUT2D eigenvalue weighted by atomic mass is 16.5. The molecule has 0 saturated heterocycles. The molecule has 0 aromatic heterocycles. The molecule has 0 saturated carbocycles. The summed E-state index contributed by atoms with van der Waals surface area (Å²) in [6, 6.07) is 7.13. The molecule has 0 spiro atoms. The predicted molar refractivity (Wildman–Crippen MR) is 75.1 cm³/mol. The number of nitrogens with one attached hydrogen (secondary N) is 1. The fourth-order valence-electron chi connectivity index (χ4n) is 1.34. The summed E-state index contributed by atoms with van der Waals surface area (Å²) in [5.41, 5.74) is 5.91. The number of ether oxygens (including phenoxy) is 2. The van der Waals surface area contributed by atoms with Crippen molar-refractivity contribution < 1.29 is 14.3 Å². The van der Waals surface area contributed by atoms with Crippen LogP contribution in [0.15, 0.2) is 24.3 Å². The zero-order valence-corrected chi connectivity index (χ0v) is 11.7. The highest BCUT2D eigenvalue weighted by molar-refractivity contribution is 5.76. The van der Waals surface area contributed by atoms with Crippen LogP contribution in [0, 0.1) is 0 Å². The maximum Gasteiger partial charge on any atom is 0.223 e. The van der Waals surface area contributed by atoms with Gasteiger partial charge in [0.25, 0.3) is 0 Å². The summed E-state index contributed by atoms with van der Waals surface area (Å²) < 4.78 is 10.7. The topological polar surface area (TPSA) is 73.6 Å². The molecular weight excluding hydrogens is 244 g/mol. The van der Waals surface area contributed by atoms with Crippen molar-refractivity contribution in [3.8, 4) is 5.75 Å². The van der Waals surface area contributed by atoms with E-state index < -0.39 is 0 Å². The number of methoxy groups -OCH3 is 1. The first-order chi connectivity index (χ1) is 8.93. The van der Waals surface area contributed by atoms with E-state index in [1.165, 1.54) is 0 Å². The van der Waals surface area contributed by atoms with E-state index in [2.05, 4.69) is 5.32 Å². The third kappa shape index (κ3) is 6.10. The molecule has 19 heavy (non-hydrogen) atoms. The normalized spacial score (nSPS) is 11.1. The Hall–Kier alpha value is -1.75. The van der Waals surface area contributed by atoms with Gasteiger partial charge in [-0.25, -0.2) is 0 Å². The van der Waals surface area contributed by atoms with Gasteiger partial charge in [-0.2, -0.15) is 0 Å². The summed E-state index contributed by atoms with van der Waals surface area (Å²) in [5, 5.41) is 2.80. The molecule has 0 radical (unpaired) electrons. The van der Waals surface area contributed by atoms with Gasteiger partial charge in [-0.05, 0) is 26.0 Å². The van der Waals surface area contributed by atoms with E-state index in [4.69, 9.17) is 15.2 Å². The highest BCUT2D eigenvalue weighted by Crippen LogP contribution is 2.14. The van der Waals surface area contributed by atoms with E-state index in [9.17, 15) is 4.79 Å². The van der Waals surface area contributed by atoms with Crippen LogP contribution in [0.4, 0.5) is 5.69 Å². The Morgan fingerprint density at radius 1 is 1.42 bits per heavy atom. The van der Waals surface area contributed by atoms with Gasteiger partial charge in [0.05, 0.1) is 18.6 Å². The van der Waals surface area contributed by atoms with E-state index >= 15 is 0 Å². The molecule has 3 N–H and O–H groups in total. The molecule has 0 heterocycles. The largest absolute Gasteiger partial charge is 0.493 e. The Morgan fingerprint density at radius 2 is 2.16 bits per heavy atom. The SMILES string of the molecule is COC(C)(C)CNC(=O)CCOc1cccc(N)c1. The third-order valence-electron chi connectivity index (χ3n) is 2.72. The number of amides is 1. The Morgan fingerprint density at radius 3 is 2.79 bits per heavy atom. The average molecular weight is 266 g/mol. The molecule has 1 aromatic rings. The monoisotopic (exact) mass is 266 g/mol. The summed E-state index contributed by atoms with van der Waals surface area (Å²) in [5.74, 6) is 0.610. The molecule has 0 atom stereocenters. The van der Waals surface area contributed by atoms with Gasteiger partial charge in [-0.15, -0.1) is 0 Å². The van der Waals surface area contributed by atoms with Gasteiger partial charge in [0.15, 0.2) is 0 Å². The van der Waals surface area contributed by atoms with Crippen LogP contribution in [-0.2, 0) is 9.53 Å². The smallest absolute Gasteiger partial charge is 0.223 e. The van der Waals surface area contributed by atoms with Gasteiger partial charge in [0.1, 0.15) is 5.75 Å². The summed E-state index contributed by atoms with van der Waals surface area (Å²) in [6.07, 6.45) is 0.300. The number of nitrogens with two attached hydrogens (primary N) is 1. The predicted octanol–water partition coefficient (Wildman–Crippen LogP) is 1.58. The molecule has 0 aliphatic rings. The van der Waals surface area contributed by atoms with Crippen LogP contribution in [0.25, 0.3) is 0 Å². The summed E-state index contributed by atoms with van der Waals surface area (Å²) in [4.78, 5) is 11.6. The number of benzene rings is 1. The fourth-order valence-corrected chi connectivity index (χ4v) is 1.34. The lowest BCUT2D eigenvalue weighted by Gasteiger charge is -2.23. The molecule has 106 valence electrons. The van der Waals surface area contributed by atoms with E-state index in [-0.39, 0.29) is 11.5 Å². The number of anilines is 1. The van der Waals surface area contributed by atoms with Crippen LogP contribution in [0.2, 0.25) is 0 Å². The standard InChI is InChI=1S/C14H22N2O3/c1-14(2,18-3)10-16-13(17)7-8-19-12-6-4-5-11(15)9-12/h4-6,9H,7-8,10,15H2,1-3H3,(H,16,17). The molecule has 0 unspecified atom stereocenters. The molecule has 0 bridgehead atoms. The van der Waals surface area contributed by atoms with Crippen molar-refractivity contribution in [3.05, 3.63) is 24.3 Å². The summed E-state index contributed by atoms with van der Waals surface area (Å²) >= 11 is 0. The number of rotatable bonds is 7. The van der Waals surface area contributed by atoms with Gasteiger partial charge in [0, 0.05) is 25.4 Å². The lowest BCUT2D eigenvalue weighted by atomic mass is 10.1. The van der Waals surface area contributed by atoms with Crippen LogP contribution >= 0.6 is 0 Å². The molecule has 1 amide bonds. The molecule has 0 aliphatic carbocycles. The Balaban J connectivity index is 2.24. The minimum Gasteiger partial charge on any atom is -0.493 e. The van der Waals surface area contributed by atoms with E-state index in [0.717, 1.165) is 0 Å². The van der Waals surface area contributed by atoms with Gasteiger partial charge in [-0.1, -0.05) is 6.07 Å². The summed E-state index contributed by atoms with van der Waals surface area (Å²) in [6.45, 7) is 4.62. The second-order valence-corrected chi connectivity index (χ2v) is 4.91. The Kier molecular flexibility index (Phi) is 5.63. The number of carbonyl (C=O) groups is 1. The molecule has 1 aromatic carbocycles. The van der Waals surface area contributed by atoms with Gasteiger partial charge < -0.3 is 20.5 Å². The number of nitrogen functional groups attached to an aromatic ring is 1. The number of hydrogen-bond acceptors (Lipinski definition) is 4. The molecule has 1 rings (SSSR count). The number of carbonyl (C=O) groups excluding carboxylic acids is 1. The van der Waals surface area contributed by atoms with Crippen molar-refractivity contribution in [2.45, 2.75) is 25.9 Å². The van der Waals surface area contributed by atoms with Crippen LogP contribution in [-0.4, -0.2) is 31.8 Å². The molecular formula is C14H22N2O3. The Bertz CT molecular complexity index is 419. The zero-order chi connectivity index (χ0) is 14.3. The second-order valence-electron chi connectivity index (χ2n) is 4.91. The lowest BCUT2D eigenvalue weighted by Crippen LogP contribution is -2.40. The first-order valence-corrected chi connectivity index (χ1v) is 6.23. The molecule has 0 fully saturated rings. The molecule has 0 aliphatic heterocycles. The van der Waals surface area contributed by atoms with Crippen molar-refractivity contribution in [3.63, 3.8) is 0 Å². The van der Waals surface area contributed by atoms with Crippen molar-refractivity contribution in [2.75, 3.05) is 26.0 Å². The second kappa shape index (κ2) is 6.99. The Labute approximate surface area is 114 Å². The average Bonchev–Trinajstić information content (AvgIpc) is 2.37. The van der Waals surface area contributed by atoms with E-state index in [1.807, 2.05) is 26.0 Å². The van der Waals surface area contributed by atoms with Crippen molar-refractivity contribution >= 4 is 11.6 Å². The van der Waals surface area contributed by atoms with E-state index in [0.29, 0.717) is 31.0 Å². The minimum absolute atomic E-state index is 0.0611. The van der Waals surface area contributed by atoms with Crippen LogP contribution in [0.1, 0.15) is 20.3 Å². The molecule has 5 heteroatoms. The maximum absolute atomic E-state index is 11.6. The quantitative estimate of drug-likeness (QED) is 0.735. The molecule has 5 nitrogen and oxygen atoms in total. The zero-order valence-electron chi connectivity index (χ0n) is 11.7. The van der Waals surface area contributed by atoms with Gasteiger partial charge >= 0.3 is 0 Å². The maximum atomic E-state index is 11.6. The lowest BCUT2D eigenvalue weighted by molar-refractivity contribution is -0.122. The first-order valence-electron chi connectivity index (χ1n) is 6.23. The third-order valence-corrected chi connectivity index (χ3v) is 2.72. The van der Waals surface area contributed by atoms with Crippen LogP contribution in [0.5, 0.6) is 5.75 Å². The summed E-state index contributed by atoms with van der Waals surface area (Å²) in [7, 11) is 1.62. The van der Waals surface area contributed by atoms with Crippen molar-refractivity contribution in [1.29, 1.82) is 0 Å². The van der Waals surface area contributed by atoms with Gasteiger partial charge in [-0.3, -0.25) is 4.79 Å². The minimum atomic E-state index is -0.357. The van der Waals surface area contributed by atoms with Crippen molar-refractivity contribution in [1.82, 2.24) is 5.32 Å². The van der Waals surface area contributed by atoms with E-state index in [1.54, 1.807) is 19.2 Å². The van der Waals surface area contributed by atoms with Crippen molar-refractivity contribution in [2.24, 2.45) is 0 Å². The fraction of sp³-hybridized carbons (Fsp3) is 0.500. The van der Waals surface area contributed by atoms with Crippen LogP contribution < -0.4 is 15.8 Å². The number of hydrogen-bond donors (Lipinski definition) is 2. The van der Waals surface area contributed by atoms with Gasteiger partial charge in [0.2, 0.25) is 5.91 Å². The first kappa shape index (κ1) is 15.3. The van der Waals surface area contributed by atoms with Crippen LogP contribution in [0.3, 0.4) is 0 Å².